The average Bonchev–Trinajstić information content (AvgIpc) is 2.64. The van der Waals surface area contributed by atoms with Gasteiger partial charge in [-0.25, -0.2) is 4.39 Å². The van der Waals surface area contributed by atoms with Crippen molar-refractivity contribution in [2.45, 2.75) is 18.8 Å². The first-order valence-electron chi connectivity index (χ1n) is 8.87. The van der Waals surface area contributed by atoms with E-state index in [0.29, 0.717) is 31.7 Å². The molecule has 2 aromatic carbocycles. The Hall–Kier alpha value is -2.53. The van der Waals surface area contributed by atoms with Crippen LogP contribution in [0.25, 0.3) is 0 Å². The molecule has 1 heterocycles. The predicted octanol–water partition coefficient (Wildman–Crippen LogP) is 4.62. The Bertz CT molecular complexity index is 847. The number of rotatable bonds is 5. The van der Waals surface area contributed by atoms with Crippen molar-refractivity contribution in [2.75, 3.05) is 26.2 Å². The molecule has 1 aliphatic rings. The minimum absolute atomic E-state index is 0.0804. The van der Waals surface area contributed by atoms with Gasteiger partial charge in [-0.2, -0.15) is 0 Å². The summed E-state index contributed by atoms with van der Waals surface area (Å²) < 4.78 is 97.4. The van der Waals surface area contributed by atoms with Gasteiger partial charge in [-0.05, 0) is 35.9 Å². The van der Waals surface area contributed by atoms with Crippen molar-refractivity contribution in [2.24, 2.45) is 0 Å². The van der Waals surface area contributed by atoms with Crippen LogP contribution in [0.4, 0.5) is 30.7 Å². The number of benzene rings is 2. The van der Waals surface area contributed by atoms with Gasteiger partial charge in [-0.3, -0.25) is 4.90 Å². The van der Waals surface area contributed by atoms with E-state index in [1.54, 1.807) is 0 Å². The molecule has 0 bridgehead atoms. The molecule has 0 aromatic heterocycles. The molecule has 1 N–H and O–H groups in total. The molecule has 11 heteroatoms. The summed E-state index contributed by atoms with van der Waals surface area (Å²) in [5.74, 6) is -1.81. The van der Waals surface area contributed by atoms with Crippen LogP contribution in [0.2, 0.25) is 0 Å². The highest BCUT2D eigenvalue weighted by Crippen LogP contribution is 2.35. The molecular formula is C19H17F7N2O2. The summed E-state index contributed by atoms with van der Waals surface area (Å²) in [4.78, 5) is 1.83. The Balaban J connectivity index is 1.98. The number of nitrogens with zero attached hydrogens (tertiary/aromatic N) is 1. The number of nitrogens with one attached hydrogen (secondary N) is 1. The number of alkyl halides is 6. The third-order valence-electron chi connectivity index (χ3n) is 4.44. The molecule has 0 spiro atoms. The van der Waals surface area contributed by atoms with E-state index in [1.165, 1.54) is 12.1 Å². The van der Waals surface area contributed by atoms with Crippen molar-refractivity contribution in [3.8, 4) is 11.5 Å². The minimum atomic E-state index is -4.95. The highest BCUT2D eigenvalue weighted by molar-refractivity contribution is 5.40. The molecule has 0 aliphatic carbocycles. The first-order valence-corrected chi connectivity index (χ1v) is 8.87. The maximum Gasteiger partial charge on any atom is 0.573 e. The van der Waals surface area contributed by atoms with E-state index in [2.05, 4.69) is 14.8 Å². The highest BCUT2D eigenvalue weighted by Gasteiger charge is 2.33. The molecule has 164 valence electrons. The Kier molecular flexibility index (Phi) is 6.41. The Morgan fingerprint density at radius 1 is 0.800 bits per heavy atom. The SMILES string of the molecule is Fc1ccc(OC(F)(F)F)cc1[C@@H](c1ccc(OC(F)(F)F)cc1)N1CCNCC1. The van der Waals surface area contributed by atoms with Crippen LogP contribution < -0.4 is 14.8 Å². The van der Waals surface area contributed by atoms with Gasteiger partial charge in [0.05, 0.1) is 6.04 Å². The summed E-state index contributed by atoms with van der Waals surface area (Å²) in [7, 11) is 0. The summed E-state index contributed by atoms with van der Waals surface area (Å²) in [5.41, 5.74) is 0.317. The lowest BCUT2D eigenvalue weighted by atomic mass is 9.95. The fourth-order valence-electron chi connectivity index (χ4n) is 3.31. The third-order valence-corrected chi connectivity index (χ3v) is 4.44. The number of hydrogen-bond acceptors (Lipinski definition) is 4. The molecule has 1 atom stereocenters. The lowest BCUT2D eigenvalue weighted by Gasteiger charge is -2.36. The van der Waals surface area contributed by atoms with Crippen LogP contribution in [-0.2, 0) is 0 Å². The Labute approximate surface area is 167 Å². The minimum Gasteiger partial charge on any atom is -0.406 e. The number of halogens is 7. The number of piperazine rings is 1. The van der Waals surface area contributed by atoms with Crippen LogP contribution in [0.5, 0.6) is 11.5 Å². The molecule has 2 aromatic rings. The Morgan fingerprint density at radius 3 is 1.90 bits per heavy atom. The standard InChI is InChI=1S/C19H17F7N2O2/c20-16-6-5-14(30-19(24,25)26)11-15(16)17(28-9-7-27-8-10-28)12-1-3-13(4-2-12)29-18(21,22)23/h1-6,11,17,27H,7-10H2/t17-/m1/s1. The zero-order valence-electron chi connectivity index (χ0n) is 15.4. The molecule has 0 amide bonds. The van der Waals surface area contributed by atoms with Crippen LogP contribution in [0.1, 0.15) is 17.2 Å². The van der Waals surface area contributed by atoms with Gasteiger partial charge >= 0.3 is 12.7 Å². The summed E-state index contributed by atoms with van der Waals surface area (Å²) in [6, 6.07) is 6.65. The van der Waals surface area contributed by atoms with Gasteiger partial charge in [0.2, 0.25) is 0 Å². The molecule has 0 unspecified atom stereocenters. The van der Waals surface area contributed by atoms with Gasteiger partial charge in [-0.1, -0.05) is 12.1 Å². The van der Waals surface area contributed by atoms with Gasteiger partial charge in [0.1, 0.15) is 17.3 Å². The van der Waals surface area contributed by atoms with E-state index >= 15 is 0 Å². The smallest absolute Gasteiger partial charge is 0.406 e. The van der Waals surface area contributed by atoms with Crippen molar-refractivity contribution in [3.05, 3.63) is 59.4 Å². The lowest BCUT2D eigenvalue weighted by molar-refractivity contribution is -0.275. The second kappa shape index (κ2) is 8.68. The second-order valence-electron chi connectivity index (χ2n) is 6.54. The van der Waals surface area contributed by atoms with Gasteiger partial charge < -0.3 is 14.8 Å². The lowest BCUT2D eigenvalue weighted by Crippen LogP contribution is -2.45. The van der Waals surface area contributed by atoms with Crippen LogP contribution in [-0.4, -0.2) is 43.8 Å². The van der Waals surface area contributed by atoms with E-state index in [0.717, 1.165) is 30.3 Å². The molecule has 30 heavy (non-hydrogen) atoms. The van der Waals surface area contributed by atoms with Crippen LogP contribution >= 0.6 is 0 Å². The molecule has 1 fully saturated rings. The first-order chi connectivity index (χ1) is 14.0. The van der Waals surface area contributed by atoms with Crippen molar-refractivity contribution >= 4 is 0 Å². The van der Waals surface area contributed by atoms with Crippen LogP contribution in [0, 0.1) is 5.82 Å². The average molecular weight is 438 g/mol. The Morgan fingerprint density at radius 2 is 1.33 bits per heavy atom. The van der Waals surface area contributed by atoms with Gasteiger partial charge in [0, 0.05) is 31.7 Å². The van der Waals surface area contributed by atoms with E-state index in [1.807, 2.05) is 4.90 Å². The summed E-state index contributed by atoms with van der Waals surface area (Å²) >= 11 is 0. The largest absolute Gasteiger partial charge is 0.573 e. The molecule has 0 radical (unpaired) electrons. The zero-order valence-corrected chi connectivity index (χ0v) is 15.4. The summed E-state index contributed by atoms with van der Waals surface area (Å²) in [6.07, 6.45) is -9.81. The van der Waals surface area contributed by atoms with Crippen molar-refractivity contribution in [3.63, 3.8) is 0 Å². The van der Waals surface area contributed by atoms with E-state index in [4.69, 9.17) is 0 Å². The van der Waals surface area contributed by atoms with Crippen LogP contribution in [0.15, 0.2) is 42.5 Å². The van der Waals surface area contributed by atoms with Crippen molar-refractivity contribution in [1.29, 1.82) is 0 Å². The number of ether oxygens (including phenoxy) is 2. The van der Waals surface area contributed by atoms with E-state index in [-0.39, 0.29) is 5.56 Å². The second-order valence-corrected chi connectivity index (χ2v) is 6.54. The predicted molar refractivity (Wildman–Crippen MR) is 92.5 cm³/mol. The molecule has 4 nitrogen and oxygen atoms in total. The zero-order chi connectivity index (χ0) is 21.9. The van der Waals surface area contributed by atoms with E-state index in [9.17, 15) is 30.7 Å². The molecule has 3 rings (SSSR count). The first kappa shape index (κ1) is 22.2. The van der Waals surface area contributed by atoms with Gasteiger partial charge in [0.25, 0.3) is 0 Å². The normalized spacial score (nSPS) is 16.9. The third kappa shape index (κ3) is 5.99. The summed E-state index contributed by atoms with van der Waals surface area (Å²) in [6.45, 7) is 2.03. The quantitative estimate of drug-likeness (QED) is 0.691. The maximum absolute atomic E-state index is 14.6. The monoisotopic (exact) mass is 438 g/mol. The van der Waals surface area contributed by atoms with Gasteiger partial charge in [0.15, 0.2) is 0 Å². The highest BCUT2D eigenvalue weighted by atomic mass is 19.4. The fourth-order valence-corrected chi connectivity index (χ4v) is 3.31. The van der Waals surface area contributed by atoms with Crippen LogP contribution in [0.3, 0.4) is 0 Å². The van der Waals surface area contributed by atoms with Crippen molar-refractivity contribution in [1.82, 2.24) is 10.2 Å². The van der Waals surface area contributed by atoms with E-state index < -0.39 is 36.1 Å². The van der Waals surface area contributed by atoms with Crippen molar-refractivity contribution < 1.29 is 40.2 Å². The molecular weight excluding hydrogens is 421 g/mol. The topological polar surface area (TPSA) is 33.7 Å². The van der Waals surface area contributed by atoms with Gasteiger partial charge in [-0.15, -0.1) is 26.3 Å². The fraction of sp³-hybridized carbons (Fsp3) is 0.368. The maximum atomic E-state index is 14.6. The molecule has 1 saturated heterocycles. The molecule has 0 saturated carbocycles. The molecule has 1 aliphatic heterocycles. The number of hydrogen-bond donors (Lipinski definition) is 1. The summed E-state index contributed by atoms with van der Waals surface area (Å²) in [5, 5.41) is 3.11.